The van der Waals surface area contributed by atoms with Gasteiger partial charge in [0, 0.05) is 32.2 Å². The number of nitrogens with zero attached hydrogens (tertiary/aromatic N) is 2. The van der Waals surface area contributed by atoms with Crippen LogP contribution in [0.2, 0.25) is 0 Å². The number of rotatable bonds is 14. The molecule has 3 fully saturated rings. The van der Waals surface area contributed by atoms with Crippen molar-refractivity contribution in [3.05, 3.63) is 12.7 Å². The molecule has 3 rings (SSSR count). The summed E-state index contributed by atoms with van der Waals surface area (Å²) in [6, 6.07) is -4.34. The molecule has 6 atom stereocenters. The molecule has 2 unspecified atom stereocenters. The molecular formula is C33H56N6O7S. The Labute approximate surface area is 280 Å². The number of hydrogen-bond acceptors (Lipinski definition) is 7. The summed E-state index contributed by atoms with van der Waals surface area (Å²) < 4.78 is 25.8. The molecule has 2 aliphatic carbocycles. The number of sulfonamides is 1. The van der Waals surface area contributed by atoms with E-state index in [1.165, 1.54) is 22.3 Å². The lowest BCUT2D eigenvalue weighted by atomic mass is 9.84. The first-order valence-corrected chi connectivity index (χ1v) is 18.7. The van der Waals surface area contributed by atoms with Gasteiger partial charge in [-0.15, -0.1) is 6.58 Å². The summed E-state index contributed by atoms with van der Waals surface area (Å²) in [6.07, 6.45) is 8.25. The number of carbonyl (C=O) groups excluding carboxylic acids is 5. The molecule has 0 radical (unpaired) electrons. The highest BCUT2D eigenvalue weighted by molar-refractivity contribution is 7.88. The summed E-state index contributed by atoms with van der Waals surface area (Å²) in [4.78, 5) is 68.9. The van der Waals surface area contributed by atoms with Gasteiger partial charge in [-0.3, -0.25) is 19.2 Å². The van der Waals surface area contributed by atoms with Crippen molar-refractivity contribution in [2.24, 2.45) is 23.2 Å². The number of likely N-dealkylation sites (N-methyl/N-ethyl adjacent to an activating group) is 1. The van der Waals surface area contributed by atoms with Crippen LogP contribution in [0.4, 0.5) is 4.79 Å². The van der Waals surface area contributed by atoms with Crippen molar-refractivity contribution in [1.29, 1.82) is 0 Å². The van der Waals surface area contributed by atoms with Gasteiger partial charge in [-0.1, -0.05) is 66.4 Å². The van der Waals surface area contributed by atoms with E-state index in [1.54, 1.807) is 0 Å². The van der Waals surface area contributed by atoms with Gasteiger partial charge in [-0.25, -0.2) is 17.5 Å². The second-order valence-corrected chi connectivity index (χ2v) is 17.0. The van der Waals surface area contributed by atoms with Crippen molar-refractivity contribution in [3.63, 3.8) is 0 Å². The molecule has 5 amide bonds. The number of amides is 5. The first kappa shape index (κ1) is 38.4. The van der Waals surface area contributed by atoms with Crippen LogP contribution in [-0.2, 0) is 29.2 Å². The zero-order chi connectivity index (χ0) is 35.3. The minimum absolute atomic E-state index is 0.0384. The predicted molar refractivity (Wildman–Crippen MR) is 179 cm³/mol. The van der Waals surface area contributed by atoms with E-state index in [9.17, 15) is 32.4 Å². The van der Waals surface area contributed by atoms with Crippen LogP contribution in [-0.4, -0.2) is 104 Å². The van der Waals surface area contributed by atoms with Crippen molar-refractivity contribution in [3.8, 4) is 0 Å². The number of hydrogen-bond donors (Lipinski definition) is 4. The van der Waals surface area contributed by atoms with E-state index >= 15 is 0 Å². The maximum absolute atomic E-state index is 14.3. The summed E-state index contributed by atoms with van der Waals surface area (Å²) in [5, 5.41) is 11.1. The predicted octanol–water partition coefficient (Wildman–Crippen LogP) is 1.93. The number of nitrogens with one attached hydrogen (secondary N) is 4. The molecule has 1 heterocycles. The van der Waals surface area contributed by atoms with E-state index in [4.69, 9.17) is 0 Å². The lowest BCUT2D eigenvalue weighted by Crippen LogP contribution is -2.62. The molecular weight excluding hydrogens is 624 g/mol. The Kier molecular flexibility index (Phi) is 13.0. The quantitative estimate of drug-likeness (QED) is 0.160. The second-order valence-electron chi connectivity index (χ2n) is 14.9. The topological polar surface area (TPSA) is 174 Å². The van der Waals surface area contributed by atoms with Crippen LogP contribution in [0.5, 0.6) is 0 Å². The highest BCUT2D eigenvalue weighted by Gasteiger charge is 2.48. The van der Waals surface area contributed by atoms with Crippen LogP contribution in [0.15, 0.2) is 12.7 Å². The van der Waals surface area contributed by atoms with Gasteiger partial charge in [0.2, 0.25) is 27.6 Å². The highest BCUT2D eigenvalue weighted by Crippen LogP contribution is 2.36. The molecule has 266 valence electrons. The zero-order valence-electron chi connectivity index (χ0n) is 29.1. The van der Waals surface area contributed by atoms with Gasteiger partial charge < -0.3 is 26.2 Å². The van der Waals surface area contributed by atoms with Gasteiger partial charge in [0.15, 0.2) is 0 Å². The molecule has 0 aromatic rings. The number of ketones is 1. The molecule has 47 heavy (non-hydrogen) atoms. The van der Waals surface area contributed by atoms with Crippen molar-refractivity contribution in [1.82, 2.24) is 30.5 Å². The van der Waals surface area contributed by atoms with E-state index < -0.39 is 75.2 Å². The summed E-state index contributed by atoms with van der Waals surface area (Å²) >= 11 is 0. The van der Waals surface area contributed by atoms with Gasteiger partial charge in [-0.2, -0.15) is 0 Å². The van der Waals surface area contributed by atoms with Crippen LogP contribution < -0.4 is 21.3 Å². The van der Waals surface area contributed by atoms with Gasteiger partial charge in [0.25, 0.3) is 5.91 Å². The minimum atomic E-state index is -3.48. The smallest absolute Gasteiger partial charge is 0.315 e. The largest absolute Gasteiger partial charge is 0.346 e. The van der Waals surface area contributed by atoms with Gasteiger partial charge in [-0.05, 0) is 48.9 Å². The van der Waals surface area contributed by atoms with Gasteiger partial charge >= 0.3 is 6.03 Å². The normalized spacial score (nSPS) is 24.7. The first-order chi connectivity index (χ1) is 21.9. The fourth-order valence-electron chi connectivity index (χ4n) is 6.80. The molecule has 0 spiro atoms. The Hall–Kier alpha value is -3.00. The maximum Gasteiger partial charge on any atom is 0.315 e. The van der Waals surface area contributed by atoms with E-state index in [2.05, 4.69) is 27.8 Å². The van der Waals surface area contributed by atoms with Crippen molar-refractivity contribution in [2.75, 3.05) is 26.4 Å². The molecule has 14 heteroatoms. The Balaban J connectivity index is 1.81. The maximum atomic E-state index is 14.3. The highest BCUT2D eigenvalue weighted by atomic mass is 32.2. The summed E-state index contributed by atoms with van der Waals surface area (Å²) in [5.74, 6) is -2.34. The molecule has 1 saturated heterocycles. The Morgan fingerprint density at radius 2 is 1.64 bits per heavy atom. The molecule has 4 N–H and O–H groups in total. The first-order valence-electron chi connectivity index (χ1n) is 16.9. The summed E-state index contributed by atoms with van der Waals surface area (Å²) in [5.41, 5.74) is -0.741. The Morgan fingerprint density at radius 1 is 1.00 bits per heavy atom. The lowest BCUT2D eigenvalue weighted by molar-refractivity contribution is -0.144. The molecule has 3 aliphatic rings. The SMILES string of the molecule is C=CCNC(=O)C(=O)C(CC1CC1)NC(=O)[C@@H]1C(C(C)C)CCN1C(=O)[C@@H](NC(=O)N[C@H]1CCCC[C@H]1N(C)S(C)(=O)=O)C(C)(C)C. The molecule has 13 nitrogen and oxygen atoms in total. The molecule has 0 aromatic carbocycles. The lowest BCUT2D eigenvalue weighted by Gasteiger charge is -2.39. The average Bonchev–Trinajstić information content (AvgIpc) is 3.69. The van der Waals surface area contributed by atoms with Crippen LogP contribution in [0.25, 0.3) is 0 Å². The number of carbonyl (C=O) groups is 5. The van der Waals surface area contributed by atoms with Crippen LogP contribution in [0, 0.1) is 23.2 Å². The van der Waals surface area contributed by atoms with Gasteiger partial charge in [0.05, 0.1) is 12.3 Å². The van der Waals surface area contributed by atoms with Crippen molar-refractivity contribution < 1.29 is 32.4 Å². The molecule has 1 aliphatic heterocycles. The average molecular weight is 681 g/mol. The Bertz CT molecular complexity index is 1290. The molecule has 0 aromatic heterocycles. The standard InChI is InChI=1S/C33H56N6O7S/c1-9-17-34-30(42)27(40)24(19-21-14-15-21)35-29(41)26-22(20(2)3)16-18-39(26)31(43)28(33(4,5)6)37-32(44)36-23-12-10-11-13-25(23)38(7)47(8,45)46/h9,20-26,28H,1,10-19H2,2-8H3,(H,34,42)(H,35,41)(H2,36,37,44)/t22?,23-,24?,25+,26-,28+/m0/s1. The minimum Gasteiger partial charge on any atom is -0.346 e. The monoisotopic (exact) mass is 680 g/mol. The van der Waals surface area contributed by atoms with Crippen molar-refractivity contribution >= 4 is 39.6 Å². The third-order valence-corrected chi connectivity index (χ3v) is 11.1. The summed E-state index contributed by atoms with van der Waals surface area (Å²) in [6.45, 7) is 13.4. The third-order valence-electron chi connectivity index (χ3n) is 9.81. The van der Waals surface area contributed by atoms with E-state index in [1.807, 2.05) is 34.6 Å². The third kappa shape index (κ3) is 10.2. The molecule has 2 saturated carbocycles. The Morgan fingerprint density at radius 3 is 2.19 bits per heavy atom. The fraction of sp³-hybridized carbons (Fsp3) is 0.788. The van der Waals surface area contributed by atoms with E-state index in [0.717, 1.165) is 31.9 Å². The number of urea groups is 1. The number of likely N-dealkylation sites (tertiary alicyclic amines) is 1. The van der Waals surface area contributed by atoms with E-state index in [0.29, 0.717) is 32.2 Å². The fourth-order valence-corrected chi connectivity index (χ4v) is 7.54. The second kappa shape index (κ2) is 15.9. The molecule has 0 bridgehead atoms. The van der Waals surface area contributed by atoms with Crippen molar-refractivity contribution in [2.45, 2.75) is 116 Å². The van der Waals surface area contributed by atoms with Crippen LogP contribution in [0.1, 0.15) is 86.0 Å². The van der Waals surface area contributed by atoms with Crippen LogP contribution in [0.3, 0.4) is 0 Å². The summed E-state index contributed by atoms with van der Waals surface area (Å²) in [7, 11) is -1.97. The van der Waals surface area contributed by atoms with Crippen LogP contribution >= 0.6 is 0 Å². The van der Waals surface area contributed by atoms with E-state index in [-0.39, 0.29) is 24.3 Å². The number of Topliss-reactive ketones (excluding diaryl/α,β-unsaturated/α-hetero) is 1. The van der Waals surface area contributed by atoms with Gasteiger partial charge in [0.1, 0.15) is 12.1 Å². The zero-order valence-corrected chi connectivity index (χ0v) is 30.0.